The number of benzene rings is 2. The Morgan fingerprint density at radius 3 is 2.16 bits per heavy atom. The number of ether oxygens (including phenoxy) is 2. The molecule has 31 heavy (non-hydrogen) atoms. The topological polar surface area (TPSA) is 114 Å². The van der Waals surface area contributed by atoms with Crippen LogP contribution in [-0.2, 0) is 19.1 Å². The molecule has 1 atom stereocenters. The summed E-state index contributed by atoms with van der Waals surface area (Å²) in [6.07, 6.45) is 0.0254. The van der Waals surface area contributed by atoms with Crippen molar-refractivity contribution in [3.63, 3.8) is 0 Å². The third kappa shape index (κ3) is 4.86. The van der Waals surface area contributed by atoms with E-state index in [1.807, 2.05) is 36.4 Å². The van der Waals surface area contributed by atoms with E-state index in [0.29, 0.717) is 0 Å². The predicted octanol–water partition coefficient (Wildman–Crippen LogP) is 2.48. The van der Waals surface area contributed by atoms with Gasteiger partial charge in [0.1, 0.15) is 19.9 Å². The van der Waals surface area contributed by atoms with Crippen LogP contribution in [0.1, 0.15) is 29.9 Å². The molecule has 0 bridgehead atoms. The van der Waals surface area contributed by atoms with Crippen molar-refractivity contribution >= 4 is 18.0 Å². The average Bonchev–Trinajstić information content (AvgIpc) is 3.56. The lowest BCUT2D eigenvalue weighted by molar-refractivity contribution is -0.153. The highest BCUT2D eigenvalue weighted by Crippen LogP contribution is 2.44. The average molecular weight is 424 g/mol. The lowest BCUT2D eigenvalue weighted by Crippen LogP contribution is -2.40. The van der Waals surface area contributed by atoms with Crippen LogP contribution in [0.25, 0.3) is 11.1 Å². The van der Waals surface area contributed by atoms with Gasteiger partial charge in [0.25, 0.3) is 0 Å². The quantitative estimate of drug-likeness (QED) is 0.533. The Balaban J connectivity index is 1.22. The highest BCUT2D eigenvalue weighted by molar-refractivity contribution is 5.82. The summed E-state index contributed by atoms with van der Waals surface area (Å²) in [5.74, 6) is -1.58. The van der Waals surface area contributed by atoms with Gasteiger partial charge in [0, 0.05) is 5.92 Å². The normalized spacial score (nSPS) is 15.5. The number of carboxylic acids is 1. The Kier molecular flexibility index (Phi) is 6.18. The molecule has 1 saturated carbocycles. The molecule has 0 heterocycles. The molecule has 2 aliphatic carbocycles. The standard InChI is InChI=1S/C23H24N2O6/c26-20(25-13-31-21(22(27)28)14-9-10-14)11-24-23(29)30-12-19-17-7-3-1-5-15(17)16-6-2-4-8-18(16)19/h1-8,14,19,21H,9-13H2,(H,24,29)(H,25,26)(H,27,28)/t21-/m1/s1. The fourth-order valence-corrected chi connectivity index (χ4v) is 3.88. The van der Waals surface area contributed by atoms with Crippen LogP contribution in [0.3, 0.4) is 0 Å². The molecule has 4 rings (SSSR count). The minimum atomic E-state index is -1.03. The first-order valence-electron chi connectivity index (χ1n) is 10.2. The number of amides is 2. The number of fused-ring (bicyclic) bond motifs is 3. The SMILES string of the molecule is O=C(CNC(=O)OCC1c2ccccc2-c2ccccc21)NCO[C@@H](C(=O)O)C1CC1. The van der Waals surface area contributed by atoms with E-state index in [4.69, 9.17) is 14.6 Å². The van der Waals surface area contributed by atoms with E-state index >= 15 is 0 Å². The number of nitrogens with one attached hydrogen (secondary N) is 2. The number of rotatable bonds is 9. The molecule has 2 aromatic rings. The Morgan fingerprint density at radius 1 is 0.968 bits per heavy atom. The van der Waals surface area contributed by atoms with E-state index < -0.39 is 24.1 Å². The van der Waals surface area contributed by atoms with Crippen molar-refractivity contribution in [1.82, 2.24) is 10.6 Å². The van der Waals surface area contributed by atoms with Crippen LogP contribution in [-0.4, -0.2) is 49.1 Å². The van der Waals surface area contributed by atoms with Gasteiger partial charge < -0.3 is 25.2 Å². The van der Waals surface area contributed by atoms with Crippen LogP contribution in [0.15, 0.2) is 48.5 Å². The second kappa shape index (κ2) is 9.18. The van der Waals surface area contributed by atoms with E-state index in [2.05, 4.69) is 22.8 Å². The maximum absolute atomic E-state index is 12.1. The summed E-state index contributed by atoms with van der Waals surface area (Å²) < 4.78 is 10.6. The smallest absolute Gasteiger partial charge is 0.407 e. The third-order valence-electron chi connectivity index (χ3n) is 5.56. The molecule has 2 aromatic carbocycles. The summed E-state index contributed by atoms with van der Waals surface area (Å²) >= 11 is 0. The highest BCUT2D eigenvalue weighted by Gasteiger charge is 2.37. The number of carbonyl (C=O) groups excluding carboxylic acids is 2. The molecular weight excluding hydrogens is 400 g/mol. The molecular formula is C23H24N2O6. The fraction of sp³-hybridized carbons (Fsp3) is 0.348. The lowest BCUT2D eigenvalue weighted by atomic mass is 9.98. The van der Waals surface area contributed by atoms with Gasteiger partial charge in [-0.1, -0.05) is 48.5 Å². The zero-order valence-electron chi connectivity index (χ0n) is 16.9. The van der Waals surface area contributed by atoms with Crippen molar-refractivity contribution in [2.24, 2.45) is 5.92 Å². The van der Waals surface area contributed by atoms with E-state index in [1.54, 1.807) is 0 Å². The second-order valence-electron chi connectivity index (χ2n) is 7.69. The van der Waals surface area contributed by atoms with Gasteiger partial charge >= 0.3 is 12.1 Å². The molecule has 8 heteroatoms. The van der Waals surface area contributed by atoms with Crippen LogP contribution in [0.4, 0.5) is 4.79 Å². The van der Waals surface area contributed by atoms with Gasteiger partial charge in [-0.2, -0.15) is 0 Å². The maximum atomic E-state index is 12.1. The summed E-state index contributed by atoms with van der Waals surface area (Å²) in [5.41, 5.74) is 4.49. The van der Waals surface area contributed by atoms with Crippen LogP contribution < -0.4 is 10.6 Å². The molecule has 0 aromatic heterocycles. The highest BCUT2D eigenvalue weighted by atomic mass is 16.5. The Morgan fingerprint density at radius 2 is 1.58 bits per heavy atom. The van der Waals surface area contributed by atoms with Gasteiger partial charge in [-0.3, -0.25) is 4.79 Å². The van der Waals surface area contributed by atoms with Crippen LogP contribution in [0.2, 0.25) is 0 Å². The summed E-state index contributed by atoms with van der Waals surface area (Å²) in [6.45, 7) is -0.355. The van der Waals surface area contributed by atoms with Crippen LogP contribution >= 0.6 is 0 Å². The van der Waals surface area contributed by atoms with Crippen LogP contribution in [0.5, 0.6) is 0 Å². The number of alkyl carbamates (subject to hydrolysis) is 1. The van der Waals surface area contributed by atoms with Gasteiger partial charge in [0.15, 0.2) is 6.10 Å². The van der Waals surface area contributed by atoms with E-state index in [0.717, 1.165) is 35.1 Å². The first-order chi connectivity index (χ1) is 15.0. The zero-order valence-corrected chi connectivity index (χ0v) is 16.9. The van der Waals surface area contributed by atoms with E-state index in [9.17, 15) is 14.4 Å². The zero-order chi connectivity index (χ0) is 21.8. The minimum absolute atomic E-state index is 0.00773. The van der Waals surface area contributed by atoms with Gasteiger partial charge in [-0.05, 0) is 41.0 Å². The van der Waals surface area contributed by atoms with Crippen molar-refractivity contribution in [2.45, 2.75) is 24.9 Å². The number of carbonyl (C=O) groups is 3. The van der Waals surface area contributed by atoms with Crippen molar-refractivity contribution in [3.05, 3.63) is 59.7 Å². The summed E-state index contributed by atoms with van der Waals surface area (Å²) in [4.78, 5) is 35.0. The van der Waals surface area contributed by atoms with Crippen LogP contribution in [0, 0.1) is 5.92 Å². The van der Waals surface area contributed by atoms with Gasteiger partial charge in [-0.25, -0.2) is 9.59 Å². The first-order valence-corrected chi connectivity index (χ1v) is 10.2. The van der Waals surface area contributed by atoms with Gasteiger partial charge in [0.2, 0.25) is 5.91 Å². The third-order valence-corrected chi connectivity index (χ3v) is 5.56. The molecule has 3 N–H and O–H groups in total. The first kappa shape index (κ1) is 20.9. The molecule has 0 spiro atoms. The maximum Gasteiger partial charge on any atom is 0.407 e. The molecule has 0 aliphatic heterocycles. The van der Waals surface area contributed by atoms with Gasteiger partial charge in [-0.15, -0.1) is 0 Å². The number of hydrogen-bond donors (Lipinski definition) is 3. The Hall–Kier alpha value is -3.39. The summed E-state index contributed by atoms with van der Waals surface area (Å²) in [5, 5.41) is 13.9. The van der Waals surface area contributed by atoms with Crippen molar-refractivity contribution in [2.75, 3.05) is 19.9 Å². The van der Waals surface area contributed by atoms with Crippen molar-refractivity contribution in [3.8, 4) is 11.1 Å². The monoisotopic (exact) mass is 424 g/mol. The molecule has 1 fully saturated rings. The molecule has 2 amide bonds. The Bertz CT molecular complexity index is 942. The number of carboxylic acid groups (broad SMARTS) is 1. The number of aliphatic carboxylic acids is 1. The minimum Gasteiger partial charge on any atom is -0.479 e. The fourth-order valence-electron chi connectivity index (χ4n) is 3.88. The van der Waals surface area contributed by atoms with E-state index in [1.165, 1.54) is 0 Å². The molecule has 0 saturated heterocycles. The summed E-state index contributed by atoms with van der Waals surface area (Å²) in [7, 11) is 0. The van der Waals surface area contributed by atoms with E-state index in [-0.39, 0.29) is 31.7 Å². The molecule has 0 radical (unpaired) electrons. The molecule has 2 aliphatic rings. The predicted molar refractivity (Wildman–Crippen MR) is 111 cm³/mol. The van der Waals surface area contributed by atoms with Crippen molar-refractivity contribution < 1.29 is 29.0 Å². The molecule has 162 valence electrons. The second-order valence-corrected chi connectivity index (χ2v) is 7.69. The number of hydrogen-bond acceptors (Lipinski definition) is 5. The summed E-state index contributed by atoms with van der Waals surface area (Å²) in [6, 6.07) is 16.1. The lowest BCUT2D eigenvalue weighted by Gasteiger charge is -2.15. The van der Waals surface area contributed by atoms with Gasteiger partial charge in [0.05, 0.1) is 0 Å². The molecule has 8 nitrogen and oxygen atoms in total. The molecule has 0 unspecified atom stereocenters. The largest absolute Gasteiger partial charge is 0.479 e. The Labute approximate surface area is 179 Å². The van der Waals surface area contributed by atoms with Crippen molar-refractivity contribution in [1.29, 1.82) is 0 Å².